The third kappa shape index (κ3) is 2.92. The highest BCUT2D eigenvalue weighted by molar-refractivity contribution is 7.99. The van der Waals surface area contributed by atoms with E-state index in [0.717, 1.165) is 29.2 Å². The van der Waals surface area contributed by atoms with Crippen molar-refractivity contribution in [3.63, 3.8) is 0 Å². The van der Waals surface area contributed by atoms with Crippen molar-refractivity contribution in [2.24, 2.45) is 0 Å². The van der Waals surface area contributed by atoms with Gasteiger partial charge in [-0.15, -0.1) is 10.2 Å². The Kier molecular flexibility index (Phi) is 3.92. The first kappa shape index (κ1) is 13.7. The van der Waals surface area contributed by atoms with E-state index in [4.69, 9.17) is 10.3 Å². The van der Waals surface area contributed by atoms with Gasteiger partial charge >= 0.3 is 0 Å². The summed E-state index contributed by atoms with van der Waals surface area (Å²) in [6.45, 7) is 1.87. The van der Waals surface area contributed by atoms with E-state index >= 15 is 0 Å². The second-order valence-electron chi connectivity index (χ2n) is 4.49. The van der Waals surface area contributed by atoms with Gasteiger partial charge in [-0.25, -0.2) is 4.68 Å². The molecular formula is C14H15N5OS. The first-order chi connectivity index (χ1) is 10.3. The Morgan fingerprint density at radius 2 is 2.19 bits per heavy atom. The third-order valence-electron chi connectivity index (χ3n) is 3.08. The van der Waals surface area contributed by atoms with E-state index in [1.165, 1.54) is 4.68 Å². The molecule has 0 aliphatic heterocycles. The van der Waals surface area contributed by atoms with Crippen molar-refractivity contribution < 1.29 is 4.42 Å². The van der Waals surface area contributed by atoms with E-state index < -0.39 is 0 Å². The molecule has 0 atom stereocenters. The van der Waals surface area contributed by atoms with Crippen LogP contribution in [0.25, 0.3) is 11.4 Å². The van der Waals surface area contributed by atoms with Crippen molar-refractivity contribution in [1.29, 1.82) is 0 Å². The molecule has 3 aromatic rings. The largest absolute Gasteiger partial charge is 0.469 e. The summed E-state index contributed by atoms with van der Waals surface area (Å²) in [5, 5.41) is 8.95. The standard InChI is InChI=1S/C14H15N5OS/c1-10-12(5-8-20-10)13-17-18-14(19(13)15)21-9-6-11-4-2-3-7-16-11/h2-5,7-8H,6,9,15H2,1H3. The number of aromatic nitrogens is 4. The first-order valence-corrected chi connectivity index (χ1v) is 7.52. The number of aryl methyl sites for hydroxylation is 2. The monoisotopic (exact) mass is 301 g/mol. The predicted molar refractivity (Wildman–Crippen MR) is 81.3 cm³/mol. The number of nitrogen functional groups attached to an aromatic ring is 1. The zero-order valence-corrected chi connectivity index (χ0v) is 12.4. The van der Waals surface area contributed by atoms with Crippen molar-refractivity contribution in [2.45, 2.75) is 18.5 Å². The summed E-state index contributed by atoms with van der Waals surface area (Å²) in [4.78, 5) is 4.29. The minimum absolute atomic E-state index is 0.613. The van der Waals surface area contributed by atoms with Crippen LogP contribution in [0, 0.1) is 6.92 Å². The Bertz CT molecular complexity index is 722. The molecule has 0 aromatic carbocycles. The van der Waals surface area contributed by atoms with Gasteiger partial charge in [0, 0.05) is 17.6 Å². The average molecular weight is 301 g/mol. The fraction of sp³-hybridized carbons (Fsp3) is 0.214. The molecule has 21 heavy (non-hydrogen) atoms. The number of nitrogens with zero attached hydrogens (tertiary/aromatic N) is 4. The molecule has 7 heteroatoms. The molecule has 2 N–H and O–H groups in total. The SMILES string of the molecule is Cc1occc1-c1nnc(SCCc2ccccn2)n1N. The molecule has 0 unspecified atom stereocenters. The molecule has 6 nitrogen and oxygen atoms in total. The average Bonchev–Trinajstić information content (AvgIpc) is 3.07. The molecule has 0 saturated heterocycles. The second-order valence-corrected chi connectivity index (χ2v) is 5.55. The van der Waals surface area contributed by atoms with Crippen molar-refractivity contribution in [1.82, 2.24) is 19.9 Å². The van der Waals surface area contributed by atoms with Gasteiger partial charge in [-0.05, 0) is 31.5 Å². The van der Waals surface area contributed by atoms with Gasteiger partial charge in [-0.1, -0.05) is 17.8 Å². The van der Waals surface area contributed by atoms with Gasteiger partial charge in [0.2, 0.25) is 5.16 Å². The highest BCUT2D eigenvalue weighted by Crippen LogP contribution is 2.25. The smallest absolute Gasteiger partial charge is 0.210 e. The van der Waals surface area contributed by atoms with Gasteiger partial charge in [0.25, 0.3) is 0 Å². The summed E-state index contributed by atoms with van der Waals surface area (Å²) in [6, 6.07) is 7.74. The van der Waals surface area contributed by atoms with Crippen LogP contribution in [0.1, 0.15) is 11.5 Å². The van der Waals surface area contributed by atoms with E-state index in [0.29, 0.717) is 11.0 Å². The highest BCUT2D eigenvalue weighted by atomic mass is 32.2. The Labute approximate surface area is 126 Å². The number of hydrogen-bond donors (Lipinski definition) is 1. The number of hydrogen-bond acceptors (Lipinski definition) is 6. The normalized spacial score (nSPS) is 10.9. The van der Waals surface area contributed by atoms with E-state index in [1.54, 1.807) is 24.2 Å². The van der Waals surface area contributed by atoms with Gasteiger partial charge in [0.05, 0.1) is 11.8 Å². The van der Waals surface area contributed by atoms with Crippen molar-refractivity contribution in [2.75, 3.05) is 11.6 Å². The lowest BCUT2D eigenvalue weighted by atomic mass is 10.2. The van der Waals surface area contributed by atoms with Crippen LogP contribution in [0.15, 0.2) is 46.3 Å². The molecule has 0 spiro atoms. The van der Waals surface area contributed by atoms with Gasteiger partial charge in [-0.3, -0.25) is 4.98 Å². The molecule has 0 bridgehead atoms. The number of nitrogens with two attached hydrogens (primary N) is 1. The van der Waals surface area contributed by atoms with Crippen LogP contribution in [-0.4, -0.2) is 25.6 Å². The maximum atomic E-state index is 6.06. The van der Waals surface area contributed by atoms with Gasteiger partial charge in [0.15, 0.2) is 5.82 Å². The Morgan fingerprint density at radius 1 is 1.29 bits per heavy atom. The molecule has 3 aromatic heterocycles. The van der Waals surface area contributed by atoms with E-state index in [-0.39, 0.29) is 0 Å². The summed E-state index contributed by atoms with van der Waals surface area (Å²) >= 11 is 1.56. The molecule has 0 fully saturated rings. The fourth-order valence-corrected chi connectivity index (χ4v) is 2.79. The van der Waals surface area contributed by atoms with Crippen LogP contribution in [0.2, 0.25) is 0 Å². The Hall–Kier alpha value is -2.28. The van der Waals surface area contributed by atoms with E-state index in [9.17, 15) is 0 Å². The molecule has 3 heterocycles. The molecule has 0 radical (unpaired) electrons. The molecule has 108 valence electrons. The molecule has 0 aliphatic carbocycles. The molecule has 0 aliphatic rings. The summed E-state index contributed by atoms with van der Waals surface area (Å²) in [5.74, 6) is 8.29. The molecule has 0 amide bonds. The minimum Gasteiger partial charge on any atom is -0.469 e. The summed E-state index contributed by atoms with van der Waals surface area (Å²) < 4.78 is 6.77. The number of thioether (sulfide) groups is 1. The Balaban J connectivity index is 1.67. The van der Waals surface area contributed by atoms with Gasteiger partial charge < -0.3 is 10.3 Å². The van der Waals surface area contributed by atoms with Crippen LogP contribution in [-0.2, 0) is 6.42 Å². The van der Waals surface area contributed by atoms with E-state index in [2.05, 4.69) is 15.2 Å². The lowest BCUT2D eigenvalue weighted by Crippen LogP contribution is -2.12. The molecule has 0 saturated carbocycles. The van der Waals surface area contributed by atoms with Crippen LogP contribution < -0.4 is 5.84 Å². The lowest BCUT2D eigenvalue weighted by molar-refractivity contribution is 0.535. The first-order valence-electron chi connectivity index (χ1n) is 6.53. The Morgan fingerprint density at radius 3 is 2.90 bits per heavy atom. The summed E-state index contributed by atoms with van der Waals surface area (Å²) in [5.41, 5.74) is 1.92. The van der Waals surface area contributed by atoms with Crippen LogP contribution in [0.5, 0.6) is 0 Å². The summed E-state index contributed by atoms with van der Waals surface area (Å²) in [7, 11) is 0. The zero-order valence-electron chi connectivity index (χ0n) is 11.6. The third-order valence-corrected chi connectivity index (χ3v) is 4.02. The van der Waals surface area contributed by atoms with Crippen molar-refractivity contribution in [3.05, 3.63) is 48.2 Å². The quantitative estimate of drug-likeness (QED) is 0.575. The van der Waals surface area contributed by atoms with Crippen LogP contribution in [0.4, 0.5) is 0 Å². The van der Waals surface area contributed by atoms with Gasteiger partial charge in [0.1, 0.15) is 5.76 Å². The number of furan rings is 1. The number of rotatable bonds is 5. The van der Waals surface area contributed by atoms with Gasteiger partial charge in [-0.2, -0.15) is 0 Å². The molecule has 3 rings (SSSR count). The maximum Gasteiger partial charge on any atom is 0.210 e. The highest BCUT2D eigenvalue weighted by Gasteiger charge is 2.15. The van der Waals surface area contributed by atoms with Crippen LogP contribution >= 0.6 is 11.8 Å². The fourth-order valence-electron chi connectivity index (χ4n) is 1.97. The minimum atomic E-state index is 0.613. The second kappa shape index (κ2) is 6.01. The molecular weight excluding hydrogens is 286 g/mol. The van der Waals surface area contributed by atoms with Crippen molar-refractivity contribution >= 4 is 11.8 Å². The zero-order chi connectivity index (χ0) is 14.7. The van der Waals surface area contributed by atoms with Crippen molar-refractivity contribution in [3.8, 4) is 11.4 Å². The topological polar surface area (TPSA) is 82.8 Å². The maximum absolute atomic E-state index is 6.06. The van der Waals surface area contributed by atoms with Crippen LogP contribution in [0.3, 0.4) is 0 Å². The summed E-state index contributed by atoms with van der Waals surface area (Å²) in [6.07, 6.45) is 4.27. The number of pyridine rings is 1. The van der Waals surface area contributed by atoms with E-state index in [1.807, 2.05) is 31.2 Å². The predicted octanol–water partition coefficient (Wildman–Crippen LogP) is 2.29. The lowest BCUT2D eigenvalue weighted by Gasteiger charge is -2.03.